The monoisotopic (exact) mass is 474 g/mol. The summed E-state index contributed by atoms with van der Waals surface area (Å²) in [5.74, 6) is 1.15. The quantitative estimate of drug-likeness (QED) is 0.323. The van der Waals surface area contributed by atoms with Crippen LogP contribution in [-0.4, -0.2) is 21.2 Å². The van der Waals surface area contributed by atoms with Gasteiger partial charge in [0.1, 0.15) is 12.4 Å². The number of nitrogens with one attached hydrogen (secondary N) is 2. The Labute approximate surface area is 187 Å². The maximum Gasteiger partial charge on any atom is 0.227 e. The molecule has 154 valence electrons. The van der Waals surface area contributed by atoms with Gasteiger partial charge < -0.3 is 21.2 Å². The Bertz CT molecular complexity index is 1260. The molecular formula is C23H19BrN6O. The molecule has 0 bridgehead atoms. The van der Waals surface area contributed by atoms with Crippen LogP contribution in [0.15, 0.2) is 77.7 Å². The molecule has 0 saturated heterocycles. The van der Waals surface area contributed by atoms with Crippen LogP contribution in [0, 0.1) is 5.41 Å². The third-order valence-electron chi connectivity index (χ3n) is 4.47. The second kappa shape index (κ2) is 9.36. The van der Waals surface area contributed by atoms with E-state index in [1.54, 1.807) is 18.6 Å². The number of ether oxygens (including phenoxy) is 1. The van der Waals surface area contributed by atoms with Crippen molar-refractivity contribution in [3.63, 3.8) is 0 Å². The topological polar surface area (TPSA) is 110 Å². The molecule has 0 unspecified atom stereocenters. The highest BCUT2D eigenvalue weighted by Gasteiger charge is 2.08. The van der Waals surface area contributed by atoms with Crippen LogP contribution in [0.4, 0.5) is 11.6 Å². The summed E-state index contributed by atoms with van der Waals surface area (Å²) in [5, 5.41) is 11.3. The van der Waals surface area contributed by atoms with Crippen LogP contribution in [-0.2, 0) is 6.61 Å². The van der Waals surface area contributed by atoms with Gasteiger partial charge in [-0.2, -0.15) is 0 Å². The van der Waals surface area contributed by atoms with Crippen LogP contribution < -0.4 is 15.8 Å². The SMILES string of the molecule is N=C/C=C(\N)c1cccc(Nc2ncc3cc(Br)c(OCc4cccnc4)cc3n2)c1. The molecule has 2 aromatic heterocycles. The molecule has 2 heterocycles. The zero-order chi connectivity index (χ0) is 21.6. The predicted octanol–water partition coefficient (Wildman–Crippen LogP) is 5.06. The van der Waals surface area contributed by atoms with Gasteiger partial charge in [-0.15, -0.1) is 0 Å². The molecule has 0 spiro atoms. The number of hydrogen-bond acceptors (Lipinski definition) is 7. The fourth-order valence-electron chi connectivity index (χ4n) is 2.94. The molecule has 31 heavy (non-hydrogen) atoms. The van der Waals surface area contributed by atoms with E-state index in [0.717, 1.165) is 38.4 Å². The maximum atomic E-state index is 7.17. The van der Waals surface area contributed by atoms with Gasteiger partial charge in [-0.05, 0) is 51.8 Å². The zero-order valence-corrected chi connectivity index (χ0v) is 18.0. The van der Waals surface area contributed by atoms with Crippen LogP contribution in [0.25, 0.3) is 16.6 Å². The summed E-state index contributed by atoms with van der Waals surface area (Å²) in [4.78, 5) is 13.1. The second-order valence-corrected chi connectivity index (χ2v) is 7.53. The van der Waals surface area contributed by atoms with Gasteiger partial charge in [-0.1, -0.05) is 18.2 Å². The smallest absolute Gasteiger partial charge is 0.227 e. The van der Waals surface area contributed by atoms with Crippen LogP contribution in [0.2, 0.25) is 0 Å². The minimum Gasteiger partial charge on any atom is -0.488 e. The van der Waals surface area contributed by atoms with E-state index >= 15 is 0 Å². The third kappa shape index (κ3) is 5.04. The molecule has 0 amide bonds. The van der Waals surface area contributed by atoms with Crippen molar-refractivity contribution >= 4 is 50.4 Å². The Balaban J connectivity index is 1.57. The molecule has 7 nitrogen and oxygen atoms in total. The second-order valence-electron chi connectivity index (χ2n) is 6.68. The van der Waals surface area contributed by atoms with E-state index < -0.39 is 0 Å². The minimum absolute atomic E-state index is 0.408. The number of pyridine rings is 1. The summed E-state index contributed by atoms with van der Waals surface area (Å²) in [7, 11) is 0. The lowest BCUT2D eigenvalue weighted by Crippen LogP contribution is -2.01. The summed E-state index contributed by atoms with van der Waals surface area (Å²) in [5.41, 5.74) is 9.82. The lowest BCUT2D eigenvalue weighted by atomic mass is 10.1. The van der Waals surface area contributed by atoms with Crippen LogP contribution in [0.3, 0.4) is 0 Å². The Kier molecular flexibility index (Phi) is 6.18. The van der Waals surface area contributed by atoms with E-state index in [1.165, 1.54) is 6.08 Å². The molecule has 2 aromatic carbocycles. The summed E-state index contributed by atoms with van der Waals surface area (Å²) < 4.78 is 6.78. The zero-order valence-electron chi connectivity index (χ0n) is 16.4. The molecule has 0 aliphatic carbocycles. The van der Waals surface area contributed by atoms with Gasteiger partial charge in [-0.3, -0.25) is 4.98 Å². The molecule has 0 saturated carbocycles. The standard InChI is InChI=1S/C23H19BrN6O/c24-19-10-17-13-28-23(29-18-5-1-4-16(9-18)20(26)6-7-25)30-21(17)11-22(19)31-14-15-3-2-8-27-12-15/h1-13,25H,14,26H2,(H,28,29,30)/b20-6-,25-7?. The van der Waals surface area contributed by atoms with E-state index in [1.807, 2.05) is 48.5 Å². The fourth-order valence-corrected chi connectivity index (χ4v) is 3.41. The molecule has 0 atom stereocenters. The molecule has 0 aliphatic rings. The maximum absolute atomic E-state index is 7.17. The Morgan fingerprint density at radius 1 is 1.16 bits per heavy atom. The summed E-state index contributed by atoms with van der Waals surface area (Å²) >= 11 is 3.55. The van der Waals surface area contributed by atoms with Crippen molar-refractivity contribution in [3.05, 3.63) is 88.8 Å². The van der Waals surface area contributed by atoms with E-state index in [0.29, 0.717) is 24.0 Å². The van der Waals surface area contributed by atoms with Gasteiger partial charge in [-0.25, -0.2) is 9.97 Å². The number of aromatic nitrogens is 3. The Hall–Kier alpha value is -3.78. The van der Waals surface area contributed by atoms with Crippen molar-refractivity contribution in [3.8, 4) is 5.75 Å². The lowest BCUT2D eigenvalue weighted by Gasteiger charge is -2.11. The number of nitrogens with two attached hydrogens (primary N) is 1. The van der Waals surface area contributed by atoms with Crippen molar-refractivity contribution < 1.29 is 4.74 Å². The molecule has 0 fully saturated rings. The number of rotatable bonds is 7. The number of hydrogen-bond donors (Lipinski definition) is 3. The summed E-state index contributed by atoms with van der Waals surface area (Å²) in [6, 6.07) is 15.2. The van der Waals surface area contributed by atoms with E-state index in [4.69, 9.17) is 15.9 Å². The number of benzene rings is 2. The lowest BCUT2D eigenvalue weighted by molar-refractivity contribution is 0.304. The number of fused-ring (bicyclic) bond motifs is 1. The first-order valence-electron chi connectivity index (χ1n) is 9.44. The van der Waals surface area contributed by atoms with Gasteiger partial charge >= 0.3 is 0 Å². The van der Waals surface area contributed by atoms with Crippen molar-refractivity contribution in [2.75, 3.05) is 5.32 Å². The number of nitrogens with zero attached hydrogens (tertiary/aromatic N) is 3. The van der Waals surface area contributed by atoms with Crippen LogP contribution in [0.5, 0.6) is 5.75 Å². The van der Waals surface area contributed by atoms with Crippen molar-refractivity contribution in [2.24, 2.45) is 5.73 Å². The minimum atomic E-state index is 0.408. The number of halogens is 1. The number of anilines is 2. The highest BCUT2D eigenvalue weighted by molar-refractivity contribution is 9.10. The number of allylic oxidation sites excluding steroid dienone is 1. The van der Waals surface area contributed by atoms with Gasteiger partial charge in [0.2, 0.25) is 5.95 Å². The van der Waals surface area contributed by atoms with Crippen molar-refractivity contribution in [2.45, 2.75) is 6.61 Å². The average Bonchev–Trinajstić information content (AvgIpc) is 2.79. The first-order valence-corrected chi connectivity index (χ1v) is 10.2. The molecular weight excluding hydrogens is 456 g/mol. The molecule has 4 aromatic rings. The first-order chi connectivity index (χ1) is 15.1. The normalized spacial score (nSPS) is 11.3. The molecule has 4 N–H and O–H groups in total. The average molecular weight is 475 g/mol. The molecule has 0 aliphatic heterocycles. The van der Waals surface area contributed by atoms with Gasteiger partial charge in [0.05, 0.1) is 9.99 Å². The largest absolute Gasteiger partial charge is 0.488 e. The van der Waals surface area contributed by atoms with Gasteiger partial charge in [0, 0.05) is 53.2 Å². The van der Waals surface area contributed by atoms with Gasteiger partial charge in [0.25, 0.3) is 0 Å². The van der Waals surface area contributed by atoms with Gasteiger partial charge in [0.15, 0.2) is 0 Å². The fraction of sp³-hybridized carbons (Fsp3) is 0.0435. The van der Waals surface area contributed by atoms with Crippen LogP contribution in [0.1, 0.15) is 11.1 Å². The van der Waals surface area contributed by atoms with Crippen molar-refractivity contribution in [1.82, 2.24) is 15.0 Å². The third-order valence-corrected chi connectivity index (χ3v) is 5.09. The highest BCUT2D eigenvalue weighted by Crippen LogP contribution is 2.31. The molecule has 0 radical (unpaired) electrons. The van der Waals surface area contributed by atoms with E-state index in [2.05, 4.69) is 36.2 Å². The summed E-state index contributed by atoms with van der Waals surface area (Å²) in [6.45, 7) is 0.408. The molecule has 4 rings (SSSR count). The van der Waals surface area contributed by atoms with E-state index in [-0.39, 0.29) is 0 Å². The van der Waals surface area contributed by atoms with E-state index in [9.17, 15) is 0 Å². The first kappa shape index (κ1) is 20.5. The summed E-state index contributed by atoms with van der Waals surface area (Å²) in [6.07, 6.45) is 7.96. The highest BCUT2D eigenvalue weighted by atomic mass is 79.9. The molecule has 8 heteroatoms. The van der Waals surface area contributed by atoms with Crippen molar-refractivity contribution in [1.29, 1.82) is 5.41 Å². The predicted molar refractivity (Wildman–Crippen MR) is 126 cm³/mol. The Morgan fingerprint density at radius 2 is 2.06 bits per heavy atom. The Morgan fingerprint density at radius 3 is 2.87 bits per heavy atom. The van der Waals surface area contributed by atoms with Crippen LogP contribution >= 0.6 is 15.9 Å².